The third-order valence-corrected chi connectivity index (χ3v) is 3.79. The highest BCUT2D eigenvalue weighted by atomic mass is 35.5. The molecule has 1 fully saturated rings. The fourth-order valence-corrected chi connectivity index (χ4v) is 2.88. The quantitative estimate of drug-likeness (QED) is 0.886. The first-order chi connectivity index (χ1) is 9.50. The van der Waals surface area contributed by atoms with E-state index in [0.717, 1.165) is 47.6 Å². The molecule has 1 unspecified atom stereocenters. The maximum Gasteiger partial charge on any atom is 0.135 e. The summed E-state index contributed by atoms with van der Waals surface area (Å²) >= 11 is 6.22. The van der Waals surface area contributed by atoms with Crippen LogP contribution in [0.1, 0.15) is 36.5 Å². The fraction of sp³-hybridized carbons (Fsp3) is 0.438. The van der Waals surface area contributed by atoms with E-state index in [9.17, 15) is 0 Å². The van der Waals surface area contributed by atoms with Crippen molar-refractivity contribution in [1.82, 2.24) is 10.3 Å². The van der Waals surface area contributed by atoms with Crippen molar-refractivity contribution < 1.29 is 0 Å². The van der Waals surface area contributed by atoms with E-state index in [1.807, 2.05) is 20.0 Å². The average molecular weight is 292 g/mol. The summed E-state index contributed by atoms with van der Waals surface area (Å²) in [5.74, 6) is 0.808. The smallest absolute Gasteiger partial charge is 0.135 e. The number of nitrogens with zero attached hydrogens (tertiary/aromatic N) is 1. The van der Waals surface area contributed by atoms with Gasteiger partial charge in [0.05, 0.1) is 0 Å². The zero-order valence-electron chi connectivity index (χ0n) is 12.2. The van der Waals surface area contributed by atoms with Gasteiger partial charge in [-0.25, -0.2) is 4.98 Å². The van der Waals surface area contributed by atoms with Gasteiger partial charge in [-0.05, 0) is 49.9 Å². The molecule has 1 atom stereocenters. The van der Waals surface area contributed by atoms with Crippen LogP contribution >= 0.6 is 11.6 Å². The van der Waals surface area contributed by atoms with E-state index >= 15 is 0 Å². The standard InChI is InChI=1S/C16H22ClN3/c1-10(2)14-11(3)8-19-16(15(14)12(4)17)20-13-6-5-7-18-9-13/h8,13,18H,1,4-7,9H2,2-3H3,(H,19,20). The van der Waals surface area contributed by atoms with Gasteiger partial charge in [0, 0.05) is 29.4 Å². The number of nitrogens with one attached hydrogen (secondary N) is 2. The Morgan fingerprint density at radius 3 is 2.75 bits per heavy atom. The van der Waals surface area contributed by atoms with Crippen molar-refractivity contribution >= 4 is 28.0 Å². The summed E-state index contributed by atoms with van der Waals surface area (Å²) in [5, 5.41) is 7.39. The summed E-state index contributed by atoms with van der Waals surface area (Å²) in [4.78, 5) is 4.51. The van der Waals surface area contributed by atoms with E-state index < -0.39 is 0 Å². The minimum Gasteiger partial charge on any atom is -0.366 e. The molecule has 0 amide bonds. The summed E-state index contributed by atoms with van der Waals surface area (Å²) in [6.45, 7) is 14.0. The Morgan fingerprint density at radius 2 is 2.20 bits per heavy atom. The lowest BCUT2D eigenvalue weighted by Crippen LogP contribution is -2.38. The highest BCUT2D eigenvalue weighted by Gasteiger charge is 2.19. The minimum absolute atomic E-state index is 0.381. The second-order valence-electron chi connectivity index (χ2n) is 5.41. The van der Waals surface area contributed by atoms with E-state index in [-0.39, 0.29) is 0 Å². The van der Waals surface area contributed by atoms with Crippen LogP contribution in [0.25, 0.3) is 10.6 Å². The molecule has 20 heavy (non-hydrogen) atoms. The Labute approximate surface area is 126 Å². The van der Waals surface area contributed by atoms with Gasteiger partial charge in [-0.2, -0.15) is 0 Å². The lowest BCUT2D eigenvalue weighted by Gasteiger charge is -2.26. The highest BCUT2D eigenvalue weighted by Crippen LogP contribution is 2.34. The van der Waals surface area contributed by atoms with Crippen LogP contribution < -0.4 is 10.6 Å². The van der Waals surface area contributed by atoms with Crippen LogP contribution in [0.5, 0.6) is 0 Å². The lowest BCUT2D eigenvalue weighted by atomic mass is 9.97. The molecule has 0 aromatic carbocycles. The number of anilines is 1. The molecule has 1 aliphatic heterocycles. The summed E-state index contributed by atoms with van der Waals surface area (Å²) in [6.07, 6.45) is 4.18. The van der Waals surface area contributed by atoms with Crippen LogP contribution in [-0.2, 0) is 0 Å². The van der Waals surface area contributed by atoms with E-state index in [1.54, 1.807) is 0 Å². The van der Waals surface area contributed by atoms with Crippen LogP contribution in [0.3, 0.4) is 0 Å². The maximum absolute atomic E-state index is 6.22. The van der Waals surface area contributed by atoms with Crippen LogP contribution in [0, 0.1) is 6.92 Å². The molecule has 0 radical (unpaired) electrons. The summed E-state index contributed by atoms with van der Waals surface area (Å²) in [5.41, 5.74) is 3.98. The highest BCUT2D eigenvalue weighted by molar-refractivity contribution is 6.49. The molecule has 1 aromatic rings. The van der Waals surface area contributed by atoms with E-state index in [2.05, 4.69) is 28.8 Å². The van der Waals surface area contributed by atoms with Crippen LogP contribution in [0.2, 0.25) is 0 Å². The molecule has 2 rings (SSSR count). The van der Waals surface area contributed by atoms with Crippen molar-refractivity contribution in [3.05, 3.63) is 36.0 Å². The monoisotopic (exact) mass is 291 g/mol. The van der Waals surface area contributed by atoms with Crippen LogP contribution in [0.4, 0.5) is 5.82 Å². The first-order valence-electron chi connectivity index (χ1n) is 6.98. The van der Waals surface area contributed by atoms with Gasteiger partial charge < -0.3 is 10.6 Å². The Kier molecular flexibility index (Phi) is 4.84. The van der Waals surface area contributed by atoms with Gasteiger partial charge in [-0.3, -0.25) is 0 Å². The summed E-state index contributed by atoms with van der Waals surface area (Å²) in [7, 11) is 0. The van der Waals surface area contributed by atoms with Crippen molar-refractivity contribution in [2.24, 2.45) is 0 Å². The van der Waals surface area contributed by atoms with E-state index in [4.69, 9.17) is 11.6 Å². The third-order valence-electron chi connectivity index (χ3n) is 3.60. The van der Waals surface area contributed by atoms with Crippen molar-refractivity contribution in [2.45, 2.75) is 32.7 Å². The predicted molar refractivity (Wildman–Crippen MR) is 88.1 cm³/mol. The number of allylic oxidation sites excluding steroid dienone is 1. The maximum atomic E-state index is 6.22. The van der Waals surface area contributed by atoms with Crippen LogP contribution in [-0.4, -0.2) is 24.1 Å². The molecule has 2 heterocycles. The number of pyridine rings is 1. The zero-order chi connectivity index (χ0) is 14.7. The Balaban J connectivity index is 2.39. The molecular formula is C16H22ClN3. The van der Waals surface area contributed by atoms with Crippen molar-refractivity contribution in [2.75, 3.05) is 18.4 Å². The zero-order valence-corrected chi connectivity index (χ0v) is 13.0. The second-order valence-corrected chi connectivity index (χ2v) is 5.87. The normalized spacial score (nSPS) is 18.6. The Hall–Kier alpha value is -1.32. The Bertz CT molecular complexity index is 531. The van der Waals surface area contributed by atoms with Gasteiger partial charge in [-0.15, -0.1) is 0 Å². The predicted octanol–water partition coefficient (Wildman–Crippen LogP) is 3.80. The summed E-state index contributed by atoms with van der Waals surface area (Å²) < 4.78 is 0. The van der Waals surface area contributed by atoms with Crippen molar-refractivity contribution in [3.8, 4) is 0 Å². The number of aryl methyl sites for hydroxylation is 1. The third kappa shape index (κ3) is 3.22. The second kappa shape index (κ2) is 6.42. The lowest BCUT2D eigenvalue weighted by molar-refractivity contribution is 0.479. The molecule has 4 heteroatoms. The van der Waals surface area contributed by atoms with Gasteiger partial charge in [0.1, 0.15) is 5.82 Å². The largest absolute Gasteiger partial charge is 0.366 e. The molecule has 2 N–H and O–H groups in total. The molecule has 0 aliphatic carbocycles. The average Bonchev–Trinajstić information content (AvgIpc) is 2.41. The van der Waals surface area contributed by atoms with Gasteiger partial charge in [0.25, 0.3) is 0 Å². The van der Waals surface area contributed by atoms with E-state index in [1.165, 1.54) is 6.42 Å². The minimum atomic E-state index is 0.381. The number of halogens is 1. The van der Waals surface area contributed by atoms with Crippen LogP contribution in [0.15, 0.2) is 19.4 Å². The fourth-order valence-electron chi connectivity index (χ4n) is 2.70. The number of aromatic nitrogens is 1. The molecule has 3 nitrogen and oxygen atoms in total. The first-order valence-corrected chi connectivity index (χ1v) is 7.36. The molecular weight excluding hydrogens is 270 g/mol. The number of hydrogen-bond acceptors (Lipinski definition) is 3. The molecule has 1 aliphatic rings. The Morgan fingerprint density at radius 1 is 1.45 bits per heavy atom. The van der Waals surface area contributed by atoms with E-state index in [0.29, 0.717) is 11.1 Å². The number of hydrogen-bond donors (Lipinski definition) is 2. The van der Waals surface area contributed by atoms with Gasteiger partial charge in [0.2, 0.25) is 0 Å². The summed E-state index contributed by atoms with van der Waals surface area (Å²) in [6, 6.07) is 0.381. The molecule has 0 bridgehead atoms. The van der Waals surface area contributed by atoms with Gasteiger partial charge in [-0.1, -0.05) is 24.8 Å². The molecule has 0 spiro atoms. The number of rotatable bonds is 4. The molecule has 1 saturated heterocycles. The SMILES string of the molecule is C=C(C)c1c(C)cnc(NC2CCCNC2)c1C(=C)Cl. The first kappa shape index (κ1) is 15.1. The number of piperidine rings is 1. The topological polar surface area (TPSA) is 37.0 Å². The van der Waals surface area contributed by atoms with Gasteiger partial charge >= 0.3 is 0 Å². The van der Waals surface area contributed by atoms with Crippen molar-refractivity contribution in [3.63, 3.8) is 0 Å². The molecule has 108 valence electrons. The molecule has 0 saturated carbocycles. The van der Waals surface area contributed by atoms with Crippen molar-refractivity contribution in [1.29, 1.82) is 0 Å². The molecule has 1 aromatic heterocycles. The van der Waals surface area contributed by atoms with Gasteiger partial charge in [0.15, 0.2) is 0 Å².